The quantitative estimate of drug-likeness (QED) is 0.777. The zero-order valence-corrected chi connectivity index (χ0v) is 14.9. The number of rotatable bonds is 6. The molecule has 1 N–H and O–H groups in total. The maximum atomic E-state index is 12.4. The second kappa shape index (κ2) is 8.73. The van der Waals surface area contributed by atoms with Crippen LogP contribution in [0.15, 0.2) is 24.3 Å². The Balaban J connectivity index is 1.91. The fourth-order valence-corrected chi connectivity index (χ4v) is 2.53. The highest BCUT2D eigenvalue weighted by Gasteiger charge is 2.23. The fraction of sp³-hybridized carbons (Fsp3) is 0.500. The second-order valence-corrected chi connectivity index (χ2v) is 6.21. The number of nitrogens with zero attached hydrogens (tertiary/aromatic N) is 2. The van der Waals surface area contributed by atoms with E-state index in [-0.39, 0.29) is 24.1 Å². The predicted molar refractivity (Wildman–Crippen MR) is 94.6 cm³/mol. The van der Waals surface area contributed by atoms with Crippen molar-refractivity contribution in [3.8, 4) is 0 Å². The van der Waals surface area contributed by atoms with Gasteiger partial charge < -0.3 is 15.0 Å². The van der Waals surface area contributed by atoms with Crippen molar-refractivity contribution in [2.75, 3.05) is 45.2 Å². The maximum absolute atomic E-state index is 12.4. The number of morpholine rings is 1. The molecule has 1 heterocycles. The van der Waals surface area contributed by atoms with E-state index in [2.05, 4.69) is 5.32 Å². The van der Waals surface area contributed by atoms with Gasteiger partial charge in [0.2, 0.25) is 11.8 Å². The lowest BCUT2D eigenvalue weighted by molar-refractivity contribution is -0.137. The van der Waals surface area contributed by atoms with Crippen molar-refractivity contribution in [1.82, 2.24) is 9.80 Å². The molecule has 1 atom stereocenters. The van der Waals surface area contributed by atoms with Gasteiger partial charge in [0.05, 0.1) is 25.8 Å². The normalized spacial score (nSPS) is 15.8. The first kappa shape index (κ1) is 19.1. The summed E-state index contributed by atoms with van der Waals surface area (Å²) in [6.07, 6.45) is 0. The molecule has 0 bridgehead atoms. The maximum Gasteiger partial charge on any atom is 0.241 e. The first-order chi connectivity index (χ1) is 11.9. The van der Waals surface area contributed by atoms with E-state index in [9.17, 15) is 14.4 Å². The molecule has 1 aromatic rings. The van der Waals surface area contributed by atoms with Gasteiger partial charge in [0.1, 0.15) is 0 Å². The monoisotopic (exact) mass is 347 g/mol. The number of hydrogen-bond acceptors (Lipinski definition) is 5. The lowest BCUT2D eigenvalue weighted by atomic mass is 10.1. The highest BCUT2D eigenvalue weighted by Crippen LogP contribution is 2.12. The molecule has 0 unspecified atom stereocenters. The first-order valence-corrected chi connectivity index (χ1v) is 8.36. The van der Waals surface area contributed by atoms with Crippen molar-refractivity contribution >= 4 is 23.3 Å². The molecular formula is C18H25N3O4. The Bertz CT molecular complexity index is 641. The molecule has 136 valence electrons. The third kappa shape index (κ3) is 5.37. The van der Waals surface area contributed by atoms with Crippen LogP contribution in [-0.2, 0) is 14.3 Å². The molecular weight excluding hydrogens is 322 g/mol. The number of likely N-dealkylation sites (N-methyl/N-ethyl adjacent to an activating group) is 1. The van der Waals surface area contributed by atoms with Crippen molar-refractivity contribution < 1.29 is 19.1 Å². The second-order valence-electron chi connectivity index (χ2n) is 6.21. The van der Waals surface area contributed by atoms with Gasteiger partial charge in [-0.2, -0.15) is 0 Å². The topological polar surface area (TPSA) is 79.0 Å². The van der Waals surface area contributed by atoms with E-state index in [0.29, 0.717) is 37.6 Å². The Hall–Kier alpha value is -2.25. The number of anilines is 1. The van der Waals surface area contributed by atoms with Crippen LogP contribution in [0.4, 0.5) is 5.69 Å². The number of amides is 2. The molecule has 0 saturated carbocycles. The van der Waals surface area contributed by atoms with Crippen molar-refractivity contribution in [1.29, 1.82) is 0 Å². The van der Waals surface area contributed by atoms with E-state index in [4.69, 9.17) is 4.74 Å². The van der Waals surface area contributed by atoms with Crippen molar-refractivity contribution in [3.63, 3.8) is 0 Å². The average Bonchev–Trinajstić information content (AvgIpc) is 2.61. The van der Waals surface area contributed by atoms with E-state index in [1.165, 1.54) is 6.92 Å². The third-order valence-electron chi connectivity index (χ3n) is 4.33. The smallest absolute Gasteiger partial charge is 0.241 e. The number of ether oxygens (including phenoxy) is 1. The van der Waals surface area contributed by atoms with Crippen molar-refractivity contribution in [2.24, 2.45) is 0 Å². The van der Waals surface area contributed by atoms with Crippen LogP contribution in [0.5, 0.6) is 0 Å². The number of benzene rings is 1. The number of nitrogens with one attached hydrogen (secondary N) is 1. The van der Waals surface area contributed by atoms with Crippen LogP contribution < -0.4 is 5.32 Å². The van der Waals surface area contributed by atoms with Crippen LogP contribution in [0, 0.1) is 0 Å². The molecule has 7 nitrogen and oxygen atoms in total. The number of ketones is 1. The molecule has 2 rings (SSSR count). The number of hydrogen-bond donors (Lipinski definition) is 1. The molecule has 1 saturated heterocycles. The average molecular weight is 347 g/mol. The number of carbonyl (C=O) groups excluding carboxylic acids is 3. The van der Waals surface area contributed by atoms with E-state index < -0.39 is 6.04 Å². The lowest BCUT2D eigenvalue weighted by Crippen LogP contribution is -2.48. The van der Waals surface area contributed by atoms with E-state index >= 15 is 0 Å². The van der Waals surface area contributed by atoms with Gasteiger partial charge in [-0.05, 0) is 33.0 Å². The predicted octanol–water partition coefficient (Wildman–Crippen LogP) is 1.01. The summed E-state index contributed by atoms with van der Waals surface area (Å²) in [7, 11) is 1.74. The Morgan fingerprint density at radius 1 is 1.28 bits per heavy atom. The molecule has 0 aromatic heterocycles. The van der Waals surface area contributed by atoms with Crippen LogP contribution >= 0.6 is 0 Å². The van der Waals surface area contributed by atoms with Gasteiger partial charge in [0, 0.05) is 24.3 Å². The molecule has 0 aliphatic carbocycles. The van der Waals surface area contributed by atoms with Gasteiger partial charge in [0.15, 0.2) is 5.78 Å². The number of Topliss-reactive ketones (excluding diaryl/α,β-unsaturated/α-hetero) is 1. The fourth-order valence-electron chi connectivity index (χ4n) is 2.53. The van der Waals surface area contributed by atoms with Crippen LogP contribution in [0.2, 0.25) is 0 Å². The Kier molecular flexibility index (Phi) is 6.66. The summed E-state index contributed by atoms with van der Waals surface area (Å²) in [5.41, 5.74) is 1.11. The van der Waals surface area contributed by atoms with E-state index in [0.717, 1.165) is 0 Å². The van der Waals surface area contributed by atoms with Gasteiger partial charge in [-0.25, -0.2) is 0 Å². The van der Waals surface area contributed by atoms with Gasteiger partial charge in [-0.15, -0.1) is 0 Å². The van der Waals surface area contributed by atoms with Crippen molar-refractivity contribution in [2.45, 2.75) is 19.9 Å². The largest absolute Gasteiger partial charge is 0.378 e. The molecule has 1 fully saturated rings. The molecule has 1 aromatic carbocycles. The highest BCUT2D eigenvalue weighted by atomic mass is 16.5. The van der Waals surface area contributed by atoms with Crippen molar-refractivity contribution in [3.05, 3.63) is 29.8 Å². The standard InChI is InChI=1S/C18H25N3O4/c1-13(20(3)12-17(23)21-7-9-25-10-8-21)18(24)19-16-6-4-5-15(11-16)14(2)22/h4-6,11,13H,7-10,12H2,1-3H3,(H,19,24)/t13-/m1/s1. The van der Waals surface area contributed by atoms with Gasteiger partial charge in [-0.1, -0.05) is 12.1 Å². The van der Waals surface area contributed by atoms with Crippen LogP contribution in [0.1, 0.15) is 24.2 Å². The van der Waals surface area contributed by atoms with Gasteiger partial charge in [-0.3, -0.25) is 19.3 Å². The zero-order valence-electron chi connectivity index (χ0n) is 14.9. The van der Waals surface area contributed by atoms with E-state index in [1.54, 1.807) is 48.0 Å². The molecule has 0 spiro atoms. The highest BCUT2D eigenvalue weighted by molar-refractivity contribution is 5.98. The zero-order chi connectivity index (χ0) is 18.4. The Morgan fingerprint density at radius 3 is 2.60 bits per heavy atom. The van der Waals surface area contributed by atoms with E-state index in [1.807, 2.05) is 0 Å². The summed E-state index contributed by atoms with van der Waals surface area (Å²) in [4.78, 5) is 39.6. The summed E-state index contributed by atoms with van der Waals surface area (Å²) in [6.45, 7) is 5.68. The molecule has 2 amide bonds. The minimum absolute atomic E-state index is 0.0102. The molecule has 1 aliphatic rings. The van der Waals surface area contributed by atoms with Gasteiger partial charge in [0.25, 0.3) is 0 Å². The third-order valence-corrected chi connectivity index (χ3v) is 4.33. The first-order valence-electron chi connectivity index (χ1n) is 8.36. The van der Waals surface area contributed by atoms with Gasteiger partial charge >= 0.3 is 0 Å². The SMILES string of the molecule is CC(=O)c1cccc(NC(=O)[C@@H](C)N(C)CC(=O)N2CCOCC2)c1. The summed E-state index contributed by atoms with van der Waals surface area (Å²) in [6, 6.07) is 6.32. The minimum atomic E-state index is -0.481. The summed E-state index contributed by atoms with van der Waals surface area (Å²) < 4.78 is 5.24. The summed E-state index contributed by atoms with van der Waals surface area (Å²) in [5.74, 6) is -0.292. The summed E-state index contributed by atoms with van der Waals surface area (Å²) in [5, 5.41) is 2.79. The summed E-state index contributed by atoms with van der Waals surface area (Å²) >= 11 is 0. The lowest BCUT2D eigenvalue weighted by Gasteiger charge is -2.30. The molecule has 1 aliphatic heterocycles. The minimum Gasteiger partial charge on any atom is -0.378 e. The van der Waals surface area contributed by atoms with Crippen LogP contribution in [0.25, 0.3) is 0 Å². The Morgan fingerprint density at radius 2 is 1.96 bits per heavy atom. The Labute approximate surface area is 147 Å². The number of carbonyl (C=O) groups is 3. The van der Waals surface area contributed by atoms with Crippen LogP contribution in [0.3, 0.4) is 0 Å². The molecule has 0 radical (unpaired) electrons. The molecule has 25 heavy (non-hydrogen) atoms. The van der Waals surface area contributed by atoms with Crippen LogP contribution in [-0.4, -0.2) is 73.3 Å². The molecule has 7 heteroatoms.